The highest BCUT2D eigenvalue weighted by atomic mass is 31.2. The van der Waals surface area contributed by atoms with Crippen LogP contribution in [0.2, 0.25) is 0 Å². The second-order valence-electron chi connectivity index (χ2n) is 14.8. The Labute approximate surface area is 328 Å². The van der Waals surface area contributed by atoms with Gasteiger partial charge in [0.2, 0.25) is 0 Å². The minimum atomic E-state index is -4.72. The van der Waals surface area contributed by atoms with Crippen molar-refractivity contribution in [1.29, 1.82) is 0 Å². The molecule has 0 saturated carbocycles. The minimum absolute atomic E-state index is 0.143. The van der Waals surface area contributed by atoms with Crippen molar-refractivity contribution in [3.05, 3.63) is 12.2 Å². The SMILES string of the molecule is CCCCCCCCCCCCC/C=C/CCC(=O)OC[C@H](COP(=O)(O)OC[C@H](N)C(=O)O)OC(=O)CCCCCCCCCCCCCCCCC. The van der Waals surface area contributed by atoms with E-state index in [2.05, 4.69) is 24.4 Å². The molecule has 0 bridgehead atoms. The largest absolute Gasteiger partial charge is 0.480 e. The minimum Gasteiger partial charge on any atom is -0.480 e. The lowest BCUT2D eigenvalue weighted by Crippen LogP contribution is -2.34. The van der Waals surface area contributed by atoms with Crippen LogP contribution in [0.3, 0.4) is 0 Å². The molecule has 0 aliphatic carbocycles. The summed E-state index contributed by atoms with van der Waals surface area (Å²) in [6, 6.07) is -1.52. The molecule has 0 aromatic rings. The summed E-state index contributed by atoms with van der Waals surface area (Å²) in [6.07, 6.45) is 37.1. The van der Waals surface area contributed by atoms with Gasteiger partial charge in [0.15, 0.2) is 6.10 Å². The average molecular weight is 790 g/mol. The lowest BCUT2D eigenvalue weighted by Gasteiger charge is -2.20. The molecule has 0 aromatic heterocycles. The summed E-state index contributed by atoms with van der Waals surface area (Å²) in [5.41, 5.74) is 5.33. The van der Waals surface area contributed by atoms with Crippen LogP contribution in [0.15, 0.2) is 12.2 Å². The van der Waals surface area contributed by atoms with E-state index in [1.54, 1.807) is 0 Å². The first-order chi connectivity index (χ1) is 26.1. The van der Waals surface area contributed by atoms with E-state index in [0.717, 1.165) is 32.1 Å². The highest BCUT2D eigenvalue weighted by Crippen LogP contribution is 2.43. The average Bonchev–Trinajstić information content (AvgIpc) is 3.14. The number of carbonyl (C=O) groups is 3. The normalized spacial score (nSPS) is 13.9. The summed E-state index contributed by atoms with van der Waals surface area (Å²) in [6.45, 7) is 2.78. The zero-order valence-corrected chi connectivity index (χ0v) is 35.2. The number of hydrogen-bond donors (Lipinski definition) is 3. The summed E-state index contributed by atoms with van der Waals surface area (Å²) in [4.78, 5) is 45.9. The molecule has 0 fully saturated rings. The Morgan fingerprint density at radius 1 is 0.556 bits per heavy atom. The Morgan fingerprint density at radius 2 is 0.963 bits per heavy atom. The molecule has 0 rings (SSSR count). The van der Waals surface area contributed by atoms with Crippen molar-refractivity contribution in [2.75, 3.05) is 19.8 Å². The number of allylic oxidation sites excluding steroid dienone is 2. The monoisotopic (exact) mass is 790 g/mol. The van der Waals surface area contributed by atoms with Crippen molar-refractivity contribution >= 4 is 25.7 Å². The molecule has 12 heteroatoms. The van der Waals surface area contributed by atoms with Crippen molar-refractivity contribution in [2.45, 2.75) is 219 Å². The van der Waals surface area contributed by atoms with Gasteiger partial charge in [-0.15, -0.1) is 0 Å². The van der Waals surface area contributed by atoms with Gasteiger partial charge in [0.05, 0.1) is 13.2 Å². The Kier molecular flexibility index (Phi) is 36.9. The van der Waals surface area contributed by atoms with Crippen molar-refractivity contribution in [1.82, 2.24) is 0 Å². The molecule has 0 aliphatic rings. The van der Waals surface area contributed by atoms with E-state index in [4.69, 9.17) is 24.8 Å². The number of nitrogens with two attached hydrogens (primary N) is 1. The Morgan fingerprint density at radius 3 is 1.43 bits per heavy atom. The first kappa shape index (κ1) is 52.2. The molecule has 4 N–H and O–H groups in total. The van der Waals surface area contributed by atoms with Crippen LogP contribution in [-0.2, 0) is 37.5 Å². The number of aliphatic carboxylic acids is 1. The van der Waals surface area contributed by atoms with Gasteiger partial charge in [-0.3, -0.25) is 23.4 Å². The molecule has 1 unspecified atom stereocenters. The number of phosphoric ester groups is 1. The maximum atomic E-state index is 12.6. The van der Waals surface area contributed by atoms with Crippen molar-refractivity contribution in [3.8, 4) is 0 Å². The summed E-state index contributed by atoms with van der Waals surface area (Å²) >= 11 is 0. The molecule has 0 amide bonds. The number of esters is 2. The van der Waals surface area contributed by atoms with Crippen LogP contribution in [0.1, 0.15) is 206 Å². The third-order valence-corrected chi connectivity index (χ3v) is 10.5. The van der Waals surface area contributed by atoms with Gasteiger partial charge in [-0.05, 0) is 25.7 Å². The number of unbranched alkanes of at least 4 members (excludes halogenated alkanes) is 25. The van der Waals surface area contributed by atoms with Gasteiger partial charge < -0.3 is 25.2 Å². The van der Waals surface area contributed by atoms with Crippen LogP contribution in [0.4, 0.5) is 0 Å². The molecule has 3 atom stereocenters. The molecule has 0 heterocycles. The fourth-order valence-corrected chi connectivity index (χ4v) is 6.86. The van der Waals surface area contributed by atoms with E-state index in [0.29, 0.717) is 12.8 Å². The summed E-state index contributed by atoms with van der Waals surface area (Å²) in [7, 11) is -4.72. The summed E-state index contributed by atoms with van der Waals surface area (Å²) < 4.78 is 32.6. The van der Waals surface area contributed by atoms with Gasteiger partial charge in [0.25, 0.3) is 0 Å². The second kappa shape index (κ2) is 38.1. The Hall–Kier alpha value is -1.78. The standard InChI is InChI=1S/C42H80NO10P/c1-3-5-7-9-11-13-15-17-19-21-23-25-27-29-31-33-40(44)50-35-38(36-51-54(48,49)52-37-39(43)42(46)47)53-41(45)34-32-30-28-26-24-22-20-18-16-14-12-10-8-6-4-2/h27,29,38-39H,3-26,28,30-37,43H2,1-2H3,(H,46,47)(H,48,49)/b29-27+/t38-,39+/m1/s1. The van der Waals surface area contributed by atoms with Gasteiger partial charge in [-0.1, -0.05) is 180 Å². The van der Waals surface area contributed by atoms with Gasteiger partial charge in [0, 0.05) is 12.8 Å². The zero-order chi connectivity index (χ0) is 40.0. The number of carboxylic acids is 1. The van der Waals surface area contributed by atoms with E-state index >= 15 is 0 Å². The van der Waals surface area contributed by atoms with Gasteiger partial charge >= 0.3 is 25.7 Å². The van der Waals surface area contributed by atoms with Crippen LogP contribution < -0.4 is 5.73 Å². The maximum absolute atomic E-state index is 12.6. The lowest BCUT2D eigenvalue weighted by atomic mass is 10.0. The van der Waals surface area contributed by atoms with E-state index < -0.39 is 51.1 Å². The Bertz CT molecular complexity index is 979. The quantitative estimate of drug-likeness (QED) is 0.0233. The first-order valence-corrected chi connectivity index (χ1v) is 23.2. The molecule has 0 aliphatic heterocycles. The third-order valence-electron chi connectivity index (χ3n) is 9.53. The van der Waals surface area contributed by atoms with E-state index in [1.165, 1.54) is 135 Å². The summed E-state index contributed by atoms with van der Waals surface area (Å²) in [5.74, 6) is -2.42. The number of carboxylic acid groups (broad SMARTS) is 1. The molecular formula is C42H80NO10P. The van der Waals surface area contributed by atoms with E-state index in [-0.39, 0.29) is 19.4 Å². The highest BCUT2D eigenvalue weighted by molar-refractivity contribution is 7.47. The van der Waals surface area contributed by atoms with Crippen LogP contribution in [0.25, 0.3) is 0 Å². The predicted octanol–water partition coefficient (Wildman–Crippen LogP) is 11.3. The molecule has 0 radical (unpaired) electrons. The number of hydrogen-bond acceptors (Lipinski definition) is 9. The van der Waals surface area contributed by atoms with Crippen LogP contribution >= 0.6 is 7.82 Å². The maximum Gasteiger partial charge on any atom is 0.472 e. The van der Waals surface area contributed by atoms with Crippen molar-refractivity contribution in [3.63, 3.8) is 0 Å². The first-order valence-electron chi connectivity index (χ1n) is 21.7. The lowest BCUT2D eigenvalue weighted by molar-refractivity contribution is -0.161. The third kappa shape index (κ3) is 37.2. The van der Waals surface area contributed by atoms with Crippen molar-refractivity contribution in [2.24, 2.45) is 5.73 Å². The fraction of sp³-hybridized carbons (Fsp3) is 0.881. The molecule has 0 saturated heterocycles. The predicted molar refractivity (Wildman–Crippen MR) is 217 cm³/mol. The smallest absolute Gasteiger partial charge is 0.472 e. The molecule has 318 valence electrons. The highest BCUT2D eigenvalue weighted by Gasteiger charge is 2.28. The number of carbonyl (C=O) groups excluding carboxylic acids is 2. The van der Waals surface area contributed by atoms with Crippen LogP contribution in [-0.4, -0.2) is 59.9 Å². The van der Waals surface area contributed by atoms with Gasteiger partial charge in [0.1, 0.15) is 12.6 Å². The van der Waals surface area contributed by atoms with Crippen molar-refractivity contribution < 1.29 is 47.5 Å². The van der Waals surface area contributed by atoms with Crippen LogP contribution in [0.5, 0.6) is 0 Å². The molecule has 0 aromatic carbocycles. The molecule has 54 heavy (non-hydrogen) atoms. The second-order valence-corrected chi connectivity index (χ2v) is 16.3. The van der Waals surface area contributed by atoms with E-state index in [9.17, 15) is 23.8 Å². The molecular weight excluding hydrogens is 709 g/mol. The fourth-order valence-electron chi connectivity index (χ4n) is 6.08. The number of ether oxygens (including phenoxy) is 2. The topological polar surface area (TPSA) is 172 Å². The van der Waals surface area contributed by atoms with Gasteiger partial charge in [-0.2, -0.15) is 0 Å². The van der Waals surface area contributed by atoms with Gasteiger partial charge in [-0.25, -0.2) is 4.57 Å². The number of phosphoric acid groups is 1. The van der Waals surface area contributed by atoms with Crippen LogP contribution in [0, 0.1) is 0 Å². The molecule has 0 spiro atoms. The summed E-state index contributed by atoms with van der Waals surface area (Å²) in [5, 5.41) is 8.88. The molecule has 11 nitrogen and oxygen atoms in total. The number of rotatable bonds is 41. The Balaban J connectivity index is 4.38. The zero-order valence-electron chi connectivity index (χ0n) is 34.3. The van der Waals surface area contributed by atoms with E-state index in [1.807, 2.05) is 6.08 Å².